The summed E-state index contributed by atoms with van der Waals surface area (Å²) >= 11 is 15.1. The Morgan fingerprint density at radius 2 is 1.88 bits per heavy atom. The van der Waals surface area contributed by atoms with Crippen molar-refractivity contribution in [2.75, 3.05) is 5.73 Å². The van der Waals surface area contributed by atoms with Gasteiger partial charge in [0, 0.05) is 0 Å². The molecule has 88 valence electrons. The van der Waals surface area contributed by atoms with E-state index < -0.39 is 0 Å². The zero-order chi connectivity index (χ0) is 12.4. The largest absolute Gasteiger partial charge is 0.436 e. The molecule has 0 aliphatic rings. The summed E-state index contributed by atoms with van der Waals surface area (Å²) in [4.78, 5) is 3.98. The zero-order valence-electron chi connectivity index (χ0n) is 8.45. The Hall–Kier alpha value is -0.970. The van der Waals surface area contributed by atoms with Gasteiger partial charge < -0.3 is 10.5 Å². The lowest BCUT2D eigenvalue weighted by atomic mass is 10.3. The summed E-state index contributed by atoms with van der Waals surface area (Å²) in [6.07, 6.45) is 0. The molecule has 0 unspecified atom stereocenters. The monoisotopic (exact) mass is 332 g/mol. The highest BCUT2D eigenvalue weighted by atomic mass is 79.9. The molecule has 6 heteroatoms. The molecule has 17 heavy (non-hydrogen) atoms. The smallest absolute Gasteiger partial charge is 0.240 e. The third-order valence-electron chi connectivity index (χ3n) is 1.97. The van der Waals surface area contributed by atoms with Crippen molar-refractivity contribution in [3.05, 3.63) is 44.8 Å². The molecule has 2 N–H and O–H groups in total. The first-order valence-corrected chi connectivity index (χ1v) is 6.16. The summed E-state index contributed by atoms with van der Waals surface area (Å²) in [7, 11) is 0. The highest BCUT2D eigenvalue weighted by Crippen LogP contribution is 2.34. The number of anilines is 1. The Labute approximate surface area is 117 Å². The van der Waals surface area contributed by atoms with Crippen LogP contribution in [0.5, 0.6) is 11.6 Å². The summed E-state index contributed by atoms with van der Waals surface area (Å²) in [6.45, 7) is 0. The number of aromatic nitrogens is 1. The van der Waals surface area contributed by atoms with Crippen molar-refractivity contribution in [1.29, 1.82) is 0 Å². The van der Waals surface area contributed by atoms with Crippen LogP contribution in [0.3, 0.4) is 0 Å². The fourth-order valence-electron chi connectivity index (χ4n) is 1.17. The molecule has 0 atom stereocenters. The second-order valence-electron chi connectivity index (χ2n) is 3.17. The fraction of sp³-hybridized carbons (Fsp3) is 0. The topological polar surface area (TPSA) is 48.1 Å². The highest BCUT2D eigenvalue weighted by Gasteiger charge is 2.10. The van der Waals surface area contributed by atoms with Crippen LogP contribution in [0.15, 0.2) is 34.8 Å². The van der Waals surface area contributed by atoms with Crippen molar-refractivity contribution >= 4 is 44.9 Å². The molecule has 2 aromatic rings. The molecule has 0 saturated carbocycles. The van der Waals surface area contributed by atoms with E-state index in [1.165, 1.54) is 6.07 Å². The molecule has 0 spiro atoms. The highest BCUT2D eigenvalue weighted by molar-refractivity contribution is 9.10. The van der Waals surface area contributed by atoms with Gasteiger partial charge in [0.05, 0.1) is 9.50 Å². The first-order chi connectivity index (χ1) is 8.08. The molecule has 0 bridgehead atoms. The average Bonchev–Trinajstić information content (AvgIpc) is 2.29. The van der Waals surface area contributed by atoms with Gasteiger partial charge in [0.1, 0.15) is 16.6 Å². The van der Waals surface area contributed by atoms with Gasteiger partial charge in [-0.3, -0.25) is 0 Å². The first kappa shape index (κ1) is 12.5. The van der Waals surface area contributed by atoms with E-state index in [1.807, 2.05) is 18.2 Å². The van der Waals surface area contributed by atoms with Crippen LogP contribution in [0.4, 0.5) is 5.82 Å². The van der Waals surface area contributed by atoms with E-state index in [0.717, 1.165) is 4.47 Å². The van der Waals surface area contributed by atoms with Crippen molar-refractivity contribution in [2.45, 2.75) is 0 Å². The number of nitrogens with two attached hydrogens (primary N) is 1. The van der Waals surface area contributed by atoms with E-state index >= 15 is 0 Å². The zero-order valence-corrected chi connectivity index (χ0v) is 11.6. The molecule has 2 rings (SSSR count). The summed E-state index contributed by atoms with van der Waals surface area (Å²) in [5.41, 5.74) is 5.59. The number of hydrogen-bond acceptors (Lipinski definition) is 3. The van der Waals surface area contributed by atoms with Gasteiger partial charge in [0.2, 0.25) is 5.88 Å². The molecule has 0 amide bonds. The van der Waals surface area contributed by atoms with Crippen LogP contribution in [0.25, 0.3) is 0 Å². The number of pyridine rings is 1. The average molecular weight is 334 g/mol. The molecule has 1 aromatic heterocycles. The van der Waals surface area contributed by atoms with E-state index in [2.05, 4.69) is 20.9 Å². The maximum Gasteiger partial charge on any atom is 0.240 e. The van der Waals surface area contributed by atoms with Crippen LogP contribution in [-0.2, 0) is 0 Å². The summed E-state index contributed by atoms with van der Waals surface area (Å²) in [5, 5.41) is 0.606. The first-order valence-electron chi connectivity index (χ1n) is 4.62. The molecular formula is C11H7BrCl2N2O. The van der Waals surface area contributed by atoms with E-state index in [4.69, 9.17) is 33.7 Å². The number of rotatable bonds is 2. The van der Waals surface area contributed by atoms with Gasteiger partial charge in [-0.05, 0) is 34.1 Å². The van der Waals surface area contributed by atoms with E-state index in [-0.39, 0.29) is 11.7 Å². The second-order valence-corrected chi connectivity index (χ2v) is 4.84. The summed E-state index contributed by atoms with van der Waals surface area (Å²) < 4.78 is 6.34. The van der Waals surface area contributed by atoms with Crippen LogP contribution in [0, 0.1) is 0 Å². The quantitative estimate of drug-likeness (QED) is 0.878. The standard InChI is InChI=1S/C11H7BrCl2N2O/c12-6-3-1-2-4-9(6)17-11-8(14)5-7(13)10(15)16-11/h1-5H,(H2,15,16). The number of nitrogens with zero attached hydrogens (tertiary/aromatic N) is 1. The van der Waals surface area contributed by atoms with Crippen LogP contribution in [0.1, 0.15) is 0 Å². The number of nitrogen functional groups attached to an aromatic ring is 1. The lowest BCUT2D eigenvalue weighted by Crippen LogP contribution is -1.96. The maximum absolute atomic E-state index is 5.96. The van der Waals surface area contributed by atoms with E-state index in [1.54, 1.807) is 6.07 Å². The Kier molecular flexibility index (Phi) is 3.76. The third-order valence-corrected chi connectivity index (χ3v) is 3.20. The molecular weight excluding hydrogens is 327 g/mol. The van der Waals surface area contributed by atoms with Crippen LogP contribution in [0.2, 0.25) is 10.0 Å². The molecule has 1 heterocycles. The molecule has 3 nitrogen and oxygen atoms in total. The second kappa shape index (κ2) is 5.12. The Bertz CT molecular complexity index is 563. The molecule has 0 saturated heterocycles. The lowest BCUT2D eigenvalue weighted by molar-refractivity contribution is 0.461. The minimum absolute atomic E-state index is 0.179. The van der Waals surface area contributed by atoms with Crippen molar-refractivity contribution in [3.63, 3.8) is 0 Å². The maximum atomic E-state index is 5.96. The predicted molar refractivity (Wildman–Crippen MR) is 72.9 cm³/mol. The summed E-state index contributed by atoms with van der Waals surface area (Å²) in [6, 6.07) is 8.85. The Morgan fingerprint density at radius 3 is 2.59 bits per heavy atom. The number of benzene rings is 1. The fourth-order valence-corrected chi connectivity index (χ4v) is 1.93. The van der Waals surface area contributed by atoms with Gasteiger partial charge in [-0.25, -0.2) is 0 Å². The number of para-hydroxylation sites is 1. The molecule has 1 aromatic carbocycles. The van der Waals surface area contributed by atoms with E-state index in [0.29, 0.717) is 15.8 Å². The van der Waals surface area contributed by atoms with Gasteiger partial charge in [0.25, 0.3) is 0 Å². The van der Waals surface area contributed by atoms with E-state index in [9.17, 15) is 0 Å². The lowest BCUT2D eigenvalue weighted by Gasteiger charge is -2.09. The van der Waals surface area contributed by atoms with Crippen molar-refractivity contribution in [3.8, 4) is 11.6 Å². The number of ether oxygens (including phenoxy) is 1. The minimum Gasteiger partial charge on any atom is -0.436 e. The summed E-state index contributed by atoms with van der Waals surface area (Å²) in [5.74, 6) is 1.00. The molecule has 0 fully saturated rings. The van der Waals surface area contributed by atoms with Crippen molar-refractivity contribution in [1.82, 2.24) is 4.98 Å². The third kappa shape index (κ3) is 2.83. The number of halogens is 3. The van der Waals surface area contributed by atoms with Crippen molar-refractivity contribution < 1.29 is 4.74 Å². The molecule has 0 radical (unpaired) electrons. The molecule has 0 aliphatic carbocycles. The van der Waals surface area contributed by atoms with Crippen molar-refractivity contribution in [2.24, 2.45) is 0 Å². The SMILES string of the molecule is Nc1nc(Oc2ccccc2Br)c(Cl)cc1Cl. The van der Waals surface area contributed by atoms with Crippen LogP contribution in [-0.4, -0.2) is 4.98 Å². The normalized spacial score (nSPS) is 10.3. The Morgan fingerprint density at radius 1 is 1.18 bits per heavy atom. The van der Waals surface area contributed by atoms with Gasteiger partial charge in [0.15, 0.2) is 0 Å². The van der Waals surface area contributed by atoms with Crippen LogP contribution >= 0.6 is 39.1 Å². The molecule has 0 aliphatic heterocycles. The van der Waals surface area contributed by atoms with Gasteiger partial charge in [-0.15, -0.1) is 0 Å². The minimum atomic E-state index is 0.179. The van der Waals surface area contributed by atoms with Gasteiger partial charge in [-0.2, -0.15) is 4.98 Å². The number of hydrogen-bond donors (Lipinski definition) is 1. The van der Waals surface area contributed by atoms with Gasteiger partial charge >= 0.3 is 0 Å². The van der Waals surface area contributed by atoms with Gasteiger partial charge in [-0.1, -0.05) is 35.3 Å². The van der Waals surface area contributed by atoms with Crippen LogP contribution < -0.4 is 10.5 Å². The predicted octanol–water partition coefficient (Wildman–Crippen LogP) is 4.53. The Balaban J connectivity index is 2.37.